The molecule has 2 N–H and O–H groups in total. The number of aromatic nitrogens is 2. The summed E-state index contributed by atoms with van der Waals surface area (Å²) in [4.78, 5) is 9.48. The highest BCUT2D eigenvalue weighted by Crippen LogP contribution is 2.19. The lowest BCUT2D eigenvalue weighted by Gasteiger charge is -2.34. The molecule has 0 saturated carbocycles. The molecule has 0 unspecified atom stereocenters. The van der Waals surface area contributed by atoms with Crippen LogP contribution in [0.4, 0.5) is 5.13 Å². The molecule has 0 aromatic carbocycles. The molecule has 0 amide bonds. The highest BCUT2D eigenvalue weighted by molar-refractivity contribution is 7.09. The molecular weight excluding hydrogens is 258 g/mol. The molecule has 6 heteroatoms. The van der Waals surface area contributed by atoms with E-state index in [4.69, 9.17) is 5.73 Å². The van der Waals surface area contributed by atoms with Crippen molar-refractivity contribution in [1.29, 1.82) is 0 Å². The van der Waals surface area contributed by atoms with Crippen molar-refractivity contribution in [3.8, 4) is 0 Å². The summed E-state index contributed by atoms with van der Waals surface area (Å²) in [7, 11) is 0. The molecule has 1 aromatic rings. The molecule has 0 spiro atoms. The van der Waals surface area contributed by atoms with Crippen LogP contribution < -0.4 is 10.6 Å². The number of nitrogens with zero attached hydrogens (tertiary/aromatic N) is 4. The van der Waals surface area contributed by atoms with Crippen LogP contribution in [0.15, 0.2) is 0 Å². The van der Waals surface area contributed by atoms with E-state index in [9.17, 15) is 0 Å². The molecule has 5 nitrogen and oxygen atoms in total. The maximum absolute atomic E-state index is 5.51. The second kappa shape index (κ2) is 7.77. The third-order valence-electron chi connectivity index (χ3n) is 3.59. The predicted molar refractivity (Wildman–Crippen MR) is 80.8 cm³/mol. The van der Waals surface area contributed by atoms with Gasteiger partial charge in [0.15, 0.2) is 0 Å². The number of rotatable bonds is 7. The standard InChI is InChI=1S/C13H25N5S/c1-2-12-15-13(19-16-12)18-10-8-17(9-11-18)7-5-3-4-6-14/h2-11,14H2,1H3. The Morgan fingerprint density at radius 2 is 1.95 bits per heavy atom. The van der Waals surface area contributed by atoms with Crippen molar-refractivity contribution < 1.29 is 0 Å². The molecule has 1 aliphatic rings. The normalized spacial score (nSPS) is 17.1. The number of aryl methyl sites for hydroxylation is 1. The zero-order valence-electron chi connectivity index (χ0n) is 11.8. The molecule has 0 bridgehead atoms. The molecule has 1 fully saturated rings. The summed E-state index contributed by atoms with van der Waals surface area (Å²) >= 11 is 1.54. The summed E-state index contributed by atoms with van der Waals surface area (Å²) in [6, 6.07) is 0. The summed E-state index contributed by atoms with van der Waals surface area (Å²) in [5, 5.41) is 1.10. The van der Waals surface area contributed by atoms with E-state index >= 15 is 0 Å². The van der Waals surface area contributed by atoms with Gasteiger partial charge in [-0.1, -0.05) is 13.3 Å². The van der Waals surface area contributed by atoms with Crippen LogP contribution in [0.5, 0.6) is 0 Å². The maximum atomic E-state index is 5.51. The Morgan fingerprint density at radius 1 is 1.16 bits per heavy atom. The van der Waals surface area contributed by atoms with Crippen molar-refractivity contribution in [2.24, 2.45) is 5.73 Å². The van der Waals surface area contributed by atoms with Gasteiger partial charge in [-0.15, -0.1) is 0 Å². The largest absolute Gasteiger partial charge is 0.344 e. The maximum Gasteiger partial charge on any atom is 0.205 e. The van der Waals surface area contributed by atoms with E-state index < -0.39 is 0 Å². The topological polar surface area (TPSA) is 58.3 Å². The molecule has 1 aliphatic heterocycles. The first kappa shape index (κ1) is 14.7. The Hall–Kier alpha value is -0.720. The van der Waals surface area contributed by atoms with E-state index in [-0.39, 0.29) is 0 Å². The van der Waals surface area contributed by atoms with Crippen LogP contribution >= 0.6 is 11.5 Å². The molecule has 2 heterocycles. The average Bonchev–Trinajstić information content (AvgIpc) is 2.93. The number of nitrogens with two attached hydrogens (primary N) is 1. The van der Waals surface area contributed by atoms with Crippen LogP contribution in [0.2, 0.25) is 0 Å². The van der Waals surface area contributed by atoms with Crippen molar-refractivity contribution in [3.63, 3.8) is 0 Å². The van der Waals surface area contributed by atoms with Gasteiger partial charge in [0.05, 0.1) is 0 Å². The van der Waals surface area contributed by atoms with Crippen molar-refractivity contribution >= 4 is 16.7 Å². The van der Waals surface area contributed by atoms with Gasteiger partial charge in [-0.05, 0) is 25.9 Å². The number of anilines is 1. The molecule has 2 rings (SSSR count). The van der Waals surface area contributed by atoms with Gasteiger partial charge in [-0.2, -0.15) is 4.37 Å². The number of unbranched alkanes of at least 4 members (excludes halogenated alkanes) is 2. The predicted octanol–water partition coefficient (Wildman–Crippen LogP) is 1.35. The fourth-order valence-electron chi connectivity index (χ4n) is 2.34. The summed E-state index contributed by atoms with van der Waals surface area (Å²) < 4.78 is 4.36. The highest BCUT2D eigenvalue weighted by atomic mass is 32.1. The van der Waals surface area contributed by atoms with Gasteiger partial charge in [-0.25, -0.2) is 4.98 Å². The first-order chi connectivity index (χ1) is 9.33. The van der Waals surface area contributed by atoms with E-state index in [1.54, 1.807) is 0 Å². The van der Waals surface area contributed by atoms with Gasteiger partial charge in [0.2, 0.25) is 5.13 Å². The van der Waals surface area contributed by atoms with E-state index in [2.05, 4.69) is 26.1 Å². The Balaban J connectivity index is 1.70. The third kappa shape index (κ3) is 4.40. The van der Waals surface area contributed by atoms with E-state index in [1.165, 1.54) is 30.9 Å². The molecule has 1 aromatic heterocycles. The van der Waals surface area contributed by atoms with Gasteiger partial charge in [0, 0.05) is 44.1 Å². The van der Waals surface area contributed by atoms with Crippen molar-refractivity contribution in [2.75, 3.05) is 44.2 Å². The lowest BCUT2D eigenvalue weighted by molar-refractivity contribution is 0.252. The smallest absolute Gasteiger partial charge is 0.205 e. The average molecular weight is 283 g/mol. The lowest BCUT2D eigenvalue weighted by atomic mass is 10.2. The van der Waals surface area contributed by atoms with E-state index in [0.29, 0.717) is 0 Å². The second-order valence-corrected chi connectivity index (χ2v) is 5.76. The number of piperazine rings is 1. The second-order valence-electron chi connectivity index (χ2n) is 5.02. The van der Waals surface area contributed by atoms with Crippen LogP contribution in [0, 0.1) is 0 Å². The SMILES string of the molecule is CCc1nsc(N2CCN(CCCCCN)CC2)n1. The Labute approximate surface area is 120 Å². The van der Waals surface area contributed by atoms with Gasteiger partial charge in [-0.3, -0.25) is 4.90 Å². The Kier molecular flexibility index (Phi) is 6.00. The molecule has 0 radical (unpaired) electrons. The van der Waals surface area contributed by atoms with Gasteiger partial charge < -0.3 is 10.6 Å². The first-order valence-electron chi connectivity index (χ1n) is 7.33. The fourth-order valence-corrected chi connectivity index (χ4v) is 3.14. The summed E-state index contributed by atoms with van der Waals surface area (Å²) in [5.74, 6) is 0.976. The summed E-state index contributed by atoms with van der Waals surface area (Å²) in [6.07, 6.45) is 4.62. The van der Waals surface area contributed by atoms with Gasteiger partial charge in [0.1, 0.15) is 5.82 Å². The zero-order valence-corrected chi connectivity index (χ0v) is 12.7. The molecule has 0 atom stereocenters. The van der Waals surface area contributed by atoms with Crippen LogP contribution in [0.1, 0.15) is 32.0 Å². The minimum absolute atomic E-state index is 0.824. The molecule has 1 saturated heterocycles. The van der Waals surface area contributed by atoms with Gasteiger partial charge in [0.25, 0.3) is 0 Å². The molecule has 108 valence electrons. The van der Waals surface area contributed by atoms with E-state index in [0.717, 1.165) is 56.5 Å². The van der Waals surface area contributed by atoms with Crippen LogP contribution in [-0.4, -0.2) is 53.5 Å². The summed E-state index contributed by atoms with van der Waals surface area (Å²) in [6.45, 7) is 8.58. The monoisotopic (exact) mass is 283 g/mol. The van der Waals surface area contributed by atoms with Crippen LogP contribution in [-0.2, 0) is 6.42 Å². The minimum atomic E-state index is 0.824. The van der Waals surface area contributed by atoms with Crippen molar-refractivity contribution in [1.82, 2.24) is 14.3 Å². The van der Waals surface area contributed by atoms with Gasteiger partial charge >= 0.3 is 0 Å². The number of hydrogen-bond donors (Lipinski definition) is 1. The third-order valence-corrected chi connectivity index (χ3v) is 4.41. The quantitative estimate of drug-likeness (QED) is 0.766. The Morgan fingerprint density at radius 3 is 2.58 bits per heavy atom. The fraction of sp³-hybridized carbons (Fsp3) is 0.846. The molecule has 19 heavy (non-hydrogen) atoms. The van der Waals surface area contributed by atoms with Crippen molar-refractivity contribution in [2.45, 2.75) is 32.6 Å². The number of hydrogen-bond acceptors (Lipinski definition) is 6. The Bertz CT molecular complexity index is 360. The lowest BCUT2D eigenvalue weighted by Crippen LogP contribution is -2.46. The molecule has 0 aliphatic carbocycles. The van der Waals surface area contributed by atoms with Crippen molar-refractivity contribution in [3.05, 3.63) is 5.82 Å². The van der Waals surface area contributed by atoms with Crippen LogP contribution in [0.3, 0.4) is 0 Å². The zero-order chi connectivity index (χ0) is 13.5. The molecular formula is C13H25N5S. The summed E-state index contributed by atoms with van der Waals surface area (Å²) in [5.41, 5.74) is 5.51. The minimum Gasteiger partial charge on any atom is -0.344 e. The first-order valence-corrected chi connectivity index (χ1v) is 8.10. The van der Waals surface area contributed by atoms with Crippen LogP contribution in [0.25, 0.3) is 0 Å². The highest BCUT2D eigenvalue weighted by Gasteiger charge is 2.19. The van der Waals surface area contributed by atoms with E-state index in [1.807, 2.05) is 0 Å².